The molecule has 0 fully saturated rings. The Morgan fingerprint density at radius 3 is 2.71 bits per heavy atom. The predicted octanol–water partition coefficient (Wildman–Crippen LogP) is 2.63. The quantitative estimate of drug-likeness (QED) is 0.795. The van der Waals surface area contributed by atoms with Gasteiger partial charge < -0.3 is 10.1 Å². The van der Waals surface area contributed by atoms with Gasteiger partial charge in [0, 0.05) is 29.1 Å². The van der Waals surface area contributed by atoms with Gasteiger partial charge in [0.05, 0.1) is 4.90 Å². The number of benzene rings is 1. The number of thiophene rings is 1. The van der Waals surface area contributed by atoms with Crippen LogP contribution in [0.15, 0.2) is 41.3 Å². The van der Waals surface area contributed by atoms with Crippen LogP contribution < -0.4 is 10.1 Å². The number of hydrogen-bond acceptors (Lipinski definition) is 5. The third-order valence-electron chi connectivity index (χ3n) is 2.88. The second kappa shape index (κ2) is 7.06. The molecule has 0 saturated heterocycles. The number of hydrogen-bond donors (Lipinski definition) is 1. The van der Waals surface area contributed by atoms with E-state index >= 15 is 0 Å². The molecular weight excluding hydrogens is 306 g/mol. The van der Waals surface area contributed by atoms with Crippen LogP contribution in [0.25, 0.3) is 0 Å². The van der Waals surface area contributed by atoms with E-state index in [0.29, 0.717) is 18.9 Å². The van der Waals surface area contributed by atoms with E-state index in [1.807, 2.05) is 0 Å². The Labute approximate surface area is 129 Å². The summed E-state index contributed by atoms with van der Waals surface area (Å²) in [6.45, 7) is 4.12. The lowest BCUT2D eigenvalue weighted by Gasteiger charge is -2.08. The van der Waals surface area contributed by atoms with E-state index in [9.17, 15) is 8.42 Å². The van der Waals surface area contributed by atoms with Gasteiger partial charge in [-0.1, -0.05) is 6.07 Å². The second-order valence-corrected chi connectivity index (χ2v) is 8.17. The minimum atomic E-state index is -3.19. The second-order valence-electron chi connectivity index (χ2n) is 4.78. The average Bonchev–Trinajstić information content (AvgIpc) is 2.83. The van der Waals surface area contributed by atoms with Crippen molar-refractivity contribution in [2.75, 3.05) is 19.4 Å². The minimum Gasteiger partial charge on any atom is -0.492 e. The lowest BCUT2D eigenvalue weighted by atomic mass is 10.3. The molecule has 0 saturated carbocycles. The van der Waals surface area contributed by atoms with Crippen LogP contribution in [-0.4, -0.2) is 27.8 Å². The van der Waals surface area contributed by atoms with Gasteiger partial charge in [0.15, 0.2) is 9.84 Å². The van der Waals surface area contributed by atoms with Crippen LogP contribution in [0.1, 0.15) is 9.75 Å². The molecular formula is C15H19NO3S2. The number of sulfone groups is 1. The molecule has 2 rings (SSSR count). The molecule has 0 aliphatic carbocycles. The highest BCUT2D eigenvalue weighted by Crippen LogP contribution is 2.17. The minimum absolute atomic E-state index is 0.280. The van der Waals surface area contributed by atoms with Gasteiger partial charge in [0.25, 0.3) is 0 Å². The molecule has 6 heteroatoms. The van der Waals surface area contributed by atoms with Gasteiger partial charge in [-0.05, 0) is 37.3 Å². The SMILES string of the molecule is Cc1ccc(CNCCOc2cccc(S(C)(=O)=O)c2)s1. The standard InChI is InChI=1S/C15H19NO3S2/c1-12-6-7-14(20-12)11-16-8-9-19-13-4-3-5-15(10-13)21(2,17)18/h3-7,10,16H,8-9,11H2,1-2H3. The largest absolute Gasteiger partial charge is 0.492 e. The zero-order chi connectivity index (χ0) is 15.3. The topological polar surface area (TPSA) is 55.4 Å². The predicted molar refractivity (Wildman–Crippen MR) is 85.8 cm³/mol. The zero-order valence-corrected chi connectivity index (χ0v) is 13.8. The van der Waals surface area contributed by atoms with Gasteiger partial charge in [-0.3, -0.25) is 0 Å². The summed E-state index contributed by atoms with van der Waals surface area (Å²) >= 11 is 1.78. The van der Waals surface area contributed by atoms with Crippen molar-refractivity contribution < 1.29 is 13.2 Å². The Bertz CT molecular complexity index is 692. The lowest BCUT2D eigenvalue weighted by Crippen LogP contribution is -2.20. The van der Waals surface area contributed by atoms with E-state index in [2.05, 4.69) is 24.4 Å². The molecule has 1 N–H and O–H groups in total. The van der Waals surface area contributed by atoms with Gasteiger partial charge in [0.2, 0.25) is 0 Å². The number of nitrogens with one attached hydrogen (secondary N) is 1. The first-order valence-corrected chi connectivity index (χ1v) is 9.35. The molecule has 0 atom stereocenters. The monoisotopic (exact) mass is 325 g/mol. The first-order chi connectivity index (χ1) is 9.95. The highest BCUT2D eigenvalue weighted by atomic mass is 32.2. The van der Waals surface area contributed by atoms with Crippen molar-refractivity contribution in [3.05, 3.63) is 46.2 Å². The Morgan fingerprint density at radius 1 is 1.24 bits per heavy atom. The zero-order valence-electron chi connectivity index (χ0n) is 12.1. The first kappa shape index (κ1) is 16.0. The van der Waals surface area contributed by atoms with Crippen LogP contribution in [0, 0.1) is 6.92 Å². The van der Waals surface area contributed by atoms with Crippen LogP contribution in [0.5, 0.6) is 5.75 Å². The van der Waals surface area contributed by atoms with E-state index in [-0.39, 0.29) is 4.90 Å². The summed E-state index contributed by atoms with van der Waals surface area (Å²) in [5.74, 6) is 0.576. The van der Waals surface area contributed by atoms with Crippen molar-refractivity contribution in [3.63, 3.8) is 0 Å². The van der Waals surface area contributed by atoms with Gasteiger partial charge >= 0.3 is 0 Å². The maximum absolute atomic E-state index is 11.5. The molecule has 0 aliphatic rings. The summed E-state index contributed by atoms with van der Waals surface area (Å²) in [5, 5.41) is 3.30. The number of ether oxygens (including phenoxy) is 1. The van der Waals surface area contributed by atoms with E-state index in [1.165, 1.54) is 16.0 Å². The fraction of sp³-hybridized carbons (Fsp3) is 0.333. The smallest absolute Gasteiger partial charge is 0.175 e. The summed E-state index contributed by atoms with van der Waals surface area (Å²) in [6.07, 6.45) is 1.19. The molecule has 1 aromatic heterocycles. The molecule has 0 bridgehead atoms. The van der Waals surface area contributed by atoms with Crippen molar-refractivity contribution >= 4 is 21.2 Å². The molecule has 0 radical (unpaired) electrons. The van der Waals surface area contributed by atoms with Crippen molar-refractivity contribution in [2.45, 2.75) is 18.4 Å². The van der Waals surface area contributed by atoms with Gasteiger partial charge in [0.1, 0.15) is 12.4 Å². The molecule has 0 spiro atoms. The van der Waals surface area contributed by atoms with E-state index < -0.39 is 9.84 Å². The Morgan fingerprint density at radius 2 is 2.05 bits per heavy atom. The van der Waals surface area contributed by atoms with E-state index in [4.69, 9.17) is 4.74 Å². The van der Waals surface area contributed by atoms with E-state index in [1.54, 1.807) is 35.6 Å². The highest BCUT2D eigenvalue weighted by Gasteiger charge is 2.07. The van der Waals surface area contributed by atoms with Gasteiger partial charge in [-0.2, -0.15) is 0 Å². The number of rotatable bonds is 7. The van der Waals surface area contributed by atoms with Crippen LogP contribution in [-0.2, 0) is 16.4 Å². The first-order valence-electron chi connectivity index (χ1n) is 6.64. The maximum Gasteiger partial charge on any atom is 0.175 e. The van der Waals surface area contributed by atoms with Crippen molar-refractivity contribution in [1.29, 1.82) is 0 Å². The summed E-state index contributed by atoms with van der Waals surface area (Å²) in [7, 11) is -3.19. The summed E-state index contributed by atoms with van der Waals surface area (Å²) in [6, 6.07) is 10.8. The van der Waals surface area contributed by atoms with Crippen molar-refractivity contribution in [1.82, 2.24) is 5.32 Å². The molecule has 4 nitrogen and oxygen atoms in total. The van der Waals surface area contributed by atoms with Gasteiger partial charge in [-0.25, -0.2) is 8.42 Å². The van der Waals surface area contributed by atoms with Crippen LogP contribution >= 0.6 is 11.3 Å². The molecule has 0 aliphatic heterocycles. The molecule has 1 heterocycles. The molecule has 21 heavy (non-hydrogen) atoms. The number of aryl methyl sites for hydroxylation is 1. The summed E-state index contributed by atoms with van der Waals surface area (Å²) < 4.78 is 28.5. The Hall–Kier alpha value is -1.37. The third-order valence-corrected chi connectivity index (χ3v) is 4.99. The molecule has 114 valence electrons. The van der Waals surface area contributed by atoms with Crippen molar-refractivity contribution in [3.8, 4) is 5.75 Å². The maximum atomic E-state index is 11.5. The fourth-order valence-corrected chi connectivity index (χ4v) is 3.34. The summed E-state index contributed by atoms with van der Waals surface area (Å²) in [5.41, 5.74) is 0. The molecule has 2 aromatic rings. The van der Waals surface area contributed by atoms with Gasteiger partial charge in [-0.15, -0.1) is 11.3 Å². The third kappa shape index (κ3) is 5.15. The van der Waals surface area contributed by atoms with Crippen molar-refractivity contribution in [2.24, 2.45) is 0 Å². The van der Waals surface area contributed by atoms with Crippen LogP contribution in [0.3, 0.4) is 0 Å². The Balaban J connectivity index is 1.76. The van der Waals surface area contributed by atoms with Crippen LogP contribution in [0.2, 0.25) is 0 Å². The highest BCUT2D eigenvalue weighted by molar-refractivity contribution is 7.90. The summed E-state index contributed by atoms with van der Waals surface area (Å²) in [4.78, 5) is 2.88. The lowest BCUT2D eigenvalue weighted by molar-refractivity contribution is 0.313. The normalized spacial score (nSPS) is 11.5. The molecule has 0 amide bonds. The van der Waals surface area contributed by atoms with Crippen LogP contribution in [0.4, 0.5) is 0 Å². The fourth-order valence-electron chi connectivity index (χ4n) is 1.83. The Kier molecular flexibility index (Phi) is 5.39. The van der Waals surface area contributed by atoms with E-state index in [0.717, 1.165) is 6.54 Å². The molecule has 0 unspecified atom stereocenters. The average molecular weight is 325 g/mol. The molecule has 1 aromatic carbocycles.